The van der Waals surface area contributed by atoms with Crippen LogP contribution in [0.2, 0.25) is 0 Å². The summed E-state index contributed by atoms with van der Waals surface area (Å²) in [5.41, 5.74) is 2.10. The molecule has 4 atom stereocenters. The summed E-state index contributed by atoms with van der Waals surface area (Å²) >= 11 is 0. The lowest BCUT2D eigenvalue weighted by molar-refractivity contribution is -0.183. The molecule has 190 valence electrons. The molecule has 7 heteroatoms. The molecule has 35 heavy (non-hydrogen) atoms. The van der Waals surface area contributed by atoms with Crippen molar-refractivity contribution in [2.75, 3.05) is 20.3 Å². The smallest absolute Gasteiger partial charge is 0.252 e. The van der Waals surface area contributed by atoms with E-state index in [1.165, 1.54) is 0 Å². The van der Waals surface area contributed by atoms with Crippen LogP contribution in [-0.4, -0.2) is 55.9 Å². The summed E-state index contributed by atoms with van der Waals surface area (Å²) in [6, 6.07) is 18.0. The molecule has 0 radical (unpaired) electrons. The molecule has 1 heterocycles. The van der Waals surface area contributed by atoms with Crippen molar-refractivity contribution in [2.24, 2.45) is 0 Å². The van der Waals surface area contributed by atoms with E-state index >= 15 is 0 Å². The number of rotatable bonds is 10. The number of hydrogen-bond acceptors (Lipinski definition) is 6. The van der Waals surface area contributed by atoms with Crippen LogP contribution in [0.4, 0.5) is 0 Å². The number of hydrogen-bond donors (Lipinski definition) is 1. The number of amides is 1. The monoisotopic (exact) mass is 483 g/mol. The largest absolute Gasteiger partial charge is 0.383 e. The van der Waals surface area contributed by atoms with Crippen molar-refractivity contribution < 1.29 is 28.5 Å². The maximum Gasteiger partial charge on any atom is 0.252 e. The quantitative estimate of drug-likeness (QED) is 0.517. The van der Waals surface area contributed by atoms with Crippen molar-refractivity contribution in [2.45, 2.75) is 76.5 Å². The Hall–Kier alpha value is -2.29. The molecule has 1 aliphatic carbocycles. The predicted molar refractivity (Wildman–Crippen MR) is 132 cm³/mol. The number of ether oxygens (including phenoxy) is 5. The third-order valence-electron chi connectivity index (χ3n) is 6.73. The number of nitrogens with one attached hydrogen (secondary N) is 1. The van der Waals surface area contributed by atoms with E-state index in [0.717, 1.165) is 16.7 Å². The normalized spacial score (nSPS) is 27.4. The highest BCUT2D eigenvalue weighted by Crippen LogP contribution is 2.44. The highest BCUT2D eigenvalue weighted by atomic mass is 16.8. The molecule has 1 saturated carbocycles. The molecule has 2 aliphatic rings. The molecule has 0 spiro atoms. The zero-order valence-corrected chi connectivity index (χ0v) is 21.1. The van der Waals surface area contributed by atoms with Gasteiger partial charge in [-0.1, -0.05) is 54.6 Å². The number of methoxy groups -OCH3 is 1. The standard InChI is InChI=1S/C28H37NO6/c1-20-10-8-9-13-22(20)19-33-28(26(30)29-14-15-31-4)16-23(32-18-21-11-6-5-7-12-21)25-24(17-28)34-27(2,3)35-25/h5-13,23-25H,14-19H2,1-4H3,(H,29,30)/t23?,24-,25+,28-/m1/s1. The van der Waals surface area contributed by atoms with E-state index in [1.807, 2.05) is 75.4 Å². The summed E-state index contributed by atoms with van der Waals surface area (Å²) in [4.78, 5) is 13.6. The Morgan fingerprint density at radius 2 is 1.77 bits per heavy atom. The van der Waals surface area contributed by atoms with Crippen LogP contribution in [-0.2, 0) is 41.7 Å². The molecule has 0 bridgehead atoms. The van der Waals surface area contributed by atoms with Crippen LogP contribution in [0.5, 0.6) is 0 Å². The summed E-state index contributed by atoms with van der Waals surface area (Å²) in [5.74, 6) is -0.939. The fourth-order valence-corrected chi connectivity index (χ4v) is 4.90. The molecule has 1 amide bonds. The highest BCUT2D eigenvalue weighted by Gasteiger charge is 2.58. The zero-order valence-electron chi connectivity index (χ0n) is 21.1. The average Bonchev–Trinajstić information content (AvgIpc) is 3.16. The summed E-state index contributed by atoms with van der Waals surface area (Å²) in [7, 11) is 1.61. The van der Waals surface area contributed by atoms with Gasteiger partial charge in [0.05, 0.1) is 32.0 Å². The summed E-state index contributed by atoms with van der Waals surface area (Å²) < 4.78 is 30.6. The van der Waals surface area contributed by atoms with E-state index in [1.54, 1.807) is 7.11 Å². The minimum atomic E-state index is -1.12. The Balaban J connectivity index is 1.59. The zero-order chi connectivity index (χ0) is 24.9. The molecule has 7 nitrogen and oxygen atoms in total. The second kappa shape index (κ2) is 11.2. The highest BCUT2D eigenvalue weighted by molar-refractivity contribution is 5.85. The maximum atomic E-state index is 13.6. The van der Waals surface area contributed by atoms with E-state index < -0.39 is 11.4 Å². The van der Waals surface area contributed by atoms with Crippen molar-refractivity contribution >= 4 is 5.91 Å². The average molecular weight is 484 g/mol. The lowest BCUT2D eigenvalue weighted by Crippen LogP contribution is -2.60. The van der Waals surface area contributed by atoms with Crippen LogP contribution in [0.1, 0.15) is 43.4 Å². The first-order chi connectivity index (χ1) is 16.8. The Bertz CT molecular complexity index is 980. The Kier molecular flexibility index (Phi) is 8.24. The molecule has 1 N–H and O–H groups in total. The maximum absolute atomic E-state index is 13.6. The molecular formula is C28H37NO6. The van der Waals surface area contributed by atoms with E-state index in [0.29, 0.717) is 39.2 Å². The van der Waals surface area contributed by atoms with Crippen LogP contribution in [0.25, 0.3) is 0 Å². The molecule has 1 aliphatic heterocycles. The first kappa shape index (κ1) is 25.8. The molecule has 2 aromatic rings. The van der Waals surface area contributed by atoms with Crippen LogP contribution in [0.3, 0.4) is 0 Å². The van der Waals surface area contributed by atoms with Gasteiger partial charge in [-0.2, -0.15) is 0 Å². The van der Waals surface area contributed by atoms with Crippen molar-refractivity contribution in [3.05, 3.63) is 71.3 Å². The van der Waals surface area contributed by atoms with Crippen LogP contribution in [0.15, 0.2) is 54.6 Å². The Labute approximate surface area is 208 Å². The van der Waals surface area contributed by atoms with Gasteiger partial charge in [-0.05, 0) is 37.5 Å². The van der Waals surface area contributed by atoms with Crippen molar-refractivity contribution in [3.63, 3.8) is 0 Å². The van der Waals surface area contributed by atoms with Crippen LogP contribution in [0, 0.1) is 6.92 Å². The van der Waals surface area contributed by atoms with Gasteiger partial charge in [-0.15, -0.1) is 0 Å². The van der Waals surface area contributed by atoms with Gasteiger partial charge in [0.2, 0.25) is 0 Å². The van der Waals surface area contributed by atoms with Gasteiger partial charge in [0.25, 0.3) is 5.91 Å². The number of benzene rings is 2. The van der Waals surface area contributed by atoms with E-state index in [9.17, 15) is 4.79 Å². The summed E-state index contributed by atoms with van der Waals surface area (Å²) in [5, 5.41) is 3.00. The number of fused-ring (bicyclic) bond motifs is 1. The summed E-state index contributed by atoms with van der Waals surface area (Å²) in [6.07, 6.45) is -0.233. The summed E-state index contributed by atoms with van der Waals surface area (Å²) in [6.45, 7) is 7.39. The van der Waals surface area contributed by atoms with Gasteiger partial charge in [0.15, 0.2) is 11.4 Å². The van der Waals surface area contributed by atoms with Crippen molar-refractivity contribution in [1.82, 2.24) is 5.32 Å². The van der Waals surface area contributed by atoms with Gasteiger partial charge in [-0.3, -0.25) is 4.79 Å². The topological polar surface area (TPSA) is 75.3 Å². The third-order valence-corrected chi connectivity index (χ3v) is 6.73. The van der Waals surface area contributed by atoms with Crippen LogP contribution >= 0.6 is 0 Å². The first-order valence-corrected chi connectivity index (χ1v) is 12.3. The molecule has 0 aromatic heterocycles. The van der Waals surface area contributed by atoms with Gasteiger partial charge in [-0.25, -0.2) is 0 Å². The van der Waals surface area contributed by atoms with Gasteiger partial charge in [0, 0.05) is 26.5 Å². The molecule has 2 fully saturated rings. The van der Waals surface area contributed by atoms with E-state index in [4.69, 9.17) is 23.7 Å². The lowest BCUT2D eigenvalue weighted by Gasteiger charge is -2.43. The Morgan fingerprint density at radius 1 is 1.03 bits per heavy atom. The molecular weight excluding hydrogens is 446 g/mol. The van der Waals surface area contributed by atoms with E-state index in [-0.39, 0.29) is 24.2 Å². The van der Waals surface area contributed by atoms with Gasteiger partial charge < -0.3 is 29.0 Å². The SMILES string of the molecule is COCCNC(=O)[C@@]1(OCc2ccccc2C)CC(OCc2ccccc2)[C@@H]2OC(C)(C)O[C@@H]2C1. The Morgan fingerprint density at radius 3 is 2.51 bits per heavy atom. The molecule has 1 saturated heterocycles. The van der Waals surface area contributed by atoms with Crippen molar-refractivity contribution in [3.8, 4) is 0 Å². The minimum absolute atomic E-state index is 0.178. The number of carbonyl (C=O) groups is 1. The first-order valence-electron chi connectivity index (χ1n) is 12.3. The molecule has 1 unspecified atom stereocenters. The van der Waals surface area contributed by atoms with Gasteiger partial charge in [0.1, 0.15) is 6.10 Å². The predicted octanol–water partition coefficient (Wildman–Crippen LogP) is 3.91. The molecule has 4 rings (SSSR count). The number of aryl methyl sites for hydroxylation is 1. The van der Waals surface area contributed by atoms with E-state index in [2.05, 4.69) is 5.32 Å². The fraction of sp³-hybridized carbons (Fsp3) is 0.536. The lowest BCUT2D eigenvalue weighted by atomic mass is 9.78. The van der Waals surface area contributed by atoms with Crippen LogP contribution < -0.4 is 5.32 Å². The second-order valence-electron chi connectivity index (χ2n) is 9.84. The fourth-order valence-electron chi connectivity index (χ4n) is 4.90. The van der Waals surface area contributed by atoms with Crippen molar-refractivity contribution in [1.29, 1.82) is 0 Å². The molecule has 2 aromatic carbocycles. The van der Waals surface area contributed by atoms with Gasteiger partial charge >= 0.3 is 0 Å². The number of carbonyl (C=O) groups excluding carboxylic acids is 1. The minimum Gasteiger partial charge on any atom is -0.383 e. The second-order valence-corrected chi connectivity index (χ2v) is 9.84. The third kappa shape index (κ3) is 6.29.